The minimum atomic E-state index is -0.500. The molecular formula is C24H18FN5O. The normalized spacial score (nSPS) is 14.7. The van der Waals surface area contributed by atoms with E-state index >= 15 is 0 Å². The van der Waals surface area contributed by atoms with Crippen LogP contribution in [0.15, 0.2) is 61.2 Å². The Morgan fingerprint density at radius 3 is 2.90 bits per heavy atom. The molecule has 5 rings (SSSR count). The van der Waals surface area contributed by atoms with Crippen LogP contribution in [-0.4, -0.2) is 14.5 Å². The van der Waals surface area contributed by atoms with Gasteiger partial charge in [0, 0.05) is 48.0 Å². The van der Waals surface area contributed by atoms with Gasteiger partial charge < -0.3 is 15.0 Å². The number of pyridine rings is 2. The molecule has 1 aliphatic rings. The third-order valence-electron chi connectivity index (χ3n) is 5.54. The Balaban J connectivity index is 1.83. The number of rotatable bonds is 0. The van der Waals surface area contributed by atoms with Gasteiger partial charge >= 0.3 is 0 Å². The van der Waals surface area contributed by atoms with Crippen LogP contribution in [0.1, 0.15) is 29.7 Å². The van der Waals surface area contributed by atoms with Crippen molar-refractivity contribution >= 4 is 5.82 Å². The summed E-state index contributed by atoms with van der Waals surface area (Å²) in [5.41, 5.74) is 11.4. The van der Waals surface area contributed by atoms with E-state index in [0.717, 1.165) is 22.4 Å². The van der Waals surface area contributed by atoms with Crippen molar-refractivity contribution in [3.05, 3.63) is 83.7 Å². The Morgan fingerprint density at radius 1 is 1.19 bits per heavy atom. The average Bonchev–Trinajstić information content (AvgIpc) is 3.17. The van der Waals surface area contributed by atoms with E-state index in [1.807, 2.05) is 23.8 Å². The number of hydrogen-bond acceptors (Lipinski definition) is 5. The highest BCUT2D eigenvalue weighted by Crippen LogP contribution is 2.38. The smallest absolute Gasteiger partial charge is 0.166 e. The van der Waals surface area contributed by atoms with Gasteiger partial charge in [-0.25, -0.2) is 9.37 Å². The van der Waals surface area contributed by atoms with E-state index in [2.05, 4.69) is 16.0 Å². The van der Waals surface area contributed by atoms with Crippen LogP contribution in [0.5, 0.6) is 5.75 Å². The monoisotopic (exact) mass is 411 g/mol. The number of ether oxygens (including phenoxy) is 1. The molecule has 2 N–H and O–H groups in total. The highest BCUT2D eigenvalue weighted by molar-refractivity contribution is 5.73. The van der Waals surface area contributed by atoms with Gasteiger partial charge in [0.05, 0.1) is 11.3 Å². The minimum Gasteiger partial charge on any atom is -0.482 e. The van der Waals surface area contributed by atoms with Crippen LogP contribution in [0.2, 0.25) is 0 Å². The van der Waals surface area contributed by atoms with Crippen molar-refractivity contribution in [3.63, 3.8) is 0 Å². The maximum Gasteiger partial charge on any atom is 0.166 e. The van der Waals surface area contributed by atoms with Crippen LogP contribution < -0.4 is 10.5 Å². The fourth-order valence-electron chi connectivity index (χ4n) is 4.05. The number of benzene rings is 1. The zero-order chi connectivity index (χ0) is 21.5. The molecule has 0 saturated carbocycles. The lowest BCUT2D eigenvalue weighted by atomic mass is 9.94. The molecule has 0 fully saturated rings. The van der Waals surface area contributed by atoms with Crippen LogP contribution in [-0.2, 0) is 6.54 Å². The van der Waals surface area contributed by atoms with Gasteiger partial charge in [0.15, 0.2) is 11.6 Å². The summed E-state index contributed by atoms with van der Waals surface area (Å²) in [7, 11) is 0. The summed E-state index contributed by atoms with van der Waals surface area (Å²) in [4.78, 5) is 8.58. The third-order valence-corrected chi connectivity index (χ3v) is 5.54. The highest BCUT2D eigenvalue weighted by Gasteiger charge is 2.22. The van der Waals surface area contributed by atoms with Gasteiger partial charge in [-0.15, -0.1) is 0 Å². The standard InChI is InChI=1S/C24H18FN5O/c1-14-20-9-18(25)2-3-19(20)21-12-28-6-4-16(21)13-30-7-5-15(10-26)23(30)17-8-22(31-14)24(27)29-11-17/h2-9,11-12,14H,13H2,1H3,(H2,27,29)/t14-/m1/s1. The molecule has 2 bridgehead atoms. The fraction of sp³-hybridized carbons (Fsp3) is 0.125. The maximum atomic E-state index is 14.2. The number of fused-ring (bicyclic) bond motifs is 7. The van der Waals surface area contributed by atoms with Crippen molar-refractivity contribution in [3.8, 4) is 34.2 Å². The summed E-state index contributed by atoms with van der Waals surface area (Å²) in [6.45, 7) is 2.34. The summed E-state index contributed by atoms with van der Waals surface area (Å²) in [6.07, 6.45) is 6.50. The van der Waals surface area contributed by atoms with Gasteiger partial charge in [0.1, 0.15) is 18.0 Å². The molecule has 0 saturated heterocycles. The van der Waals surface area contributed by atoms with Crippen LogP contribution in [0.4, 0.5) is 10.2 Å². The van der Waals surface area contributed by atoms with Crippen molar-refractivity contribution in [2.45, 2.75) is 19.6 Å². The van der Waals surface area contributed by atoms with Gasteiger partial charge in [-0.1, -0.05) is 6.07 Å². The van der Waals surface area contributed by atoms with E-state index in [0.29, 0.717) is 29.0 Å². The number of hydrogen-bond donors (Lipinski definition) is 1. The van der Waals surface area contributed by atoms with E-state index < -0.39 is 6.10 Å². The lowest BCUT2D eigenvalue weighted by molar-refractivity contribution is 0.228. The van der Waals surface area contributed by atoms with Crippen LogP contribution in [0.3, 0.4) is 0 Å². The first-order valence-corrected chi connectivity index (χ1v) is 9.79. The highest BCUT2D eigenvalue weighted by atomic mass is 19.1. The molecule has 7 heteroatoms. The molecule has 1 aliphatic heterocycles. The van der Waals surface area contributed by atoms with Crippen LogP contribution in [0.25, 0.3) is 22.4 Å². The Labute approximate surface area is 178 Å². The second-order valence-corrected chi connectivity index (χ2v) is 7.45. The molecule has 0 spiro atoms. The zero-order valence-corrected chi connectivity index (χ0v) is 16.7. The first-order valence-electron chi connectivity index (χ1n) is 9.79. The first-order chi connectivity index (χ1) is 15.0. The molecule has 0 radical (unpaired) electrons. The lowest BCUT2D eigenvalue weighted by Gasteiger charge is -2.22. The number of anilines is 1. The van der Waals surface area contributed by atoms with E-state index in [4.69, 9.17) is 10.5 Å². The Bertz CT molecular complexity index is 1350. The first kappa shape index (κ1) is 18.8. The summed E-state index contributed by atoms with van der Waals surface area (Å²) in [5.74, 6) is 0.256. The molecule has 31 heavy (non-hydrogen) atoms. The average molecular weight is 411 g/mol. The fourth-order valence-corrected chi connectivity index (χ4v) is 4.05. The van der Waals surface area contributed by atoms with E-state index in [1.165, 1.54) is 12.1 Å². The molecule has 152 valence electrons. The summed E-state index contributed by atoms with van der Waals surface area (Å²) < 4.78 is 22.3. The predicted octanol–water partition coefficient (Wildman–Crippen LogP) is 4.71. The van der Waals surface area contributed by atoms with Crippen LogP contribution >= 0.6 is 0 Å². The van der Waals surface area contributed by atoms with Crippen molar-refractivity contribution in [1.29, 1.82) is 5.26 Å². The van der Waals surface area contributed by atoms with Crippen LogP contribution in [0, 0.1) is 17.1 Å². The number of aromatic nitrogens is 3. The largest absolute Gasteiger partial charge is 0.482 e. The quantitative estimate of drug-likeness (QED) is 0.453. The third kappa shape index (κ3) is 3.19. The Morgan fingerprint density at radius 2 is 2.06 bits per heavy atom. The summed E-state index contributed by atoms with van der Waals surface area (Å²) in [5, 5.41) is 9.67. The second kappa shape index (κ2) is 7.26. The van der Waals surface area contributed by atoms with E-state index in [-0.39, 0.29) is 11.6 Å². The lowest BCUT2D eigenvalue weighted by Crippen LogP contribution is -2.11. The number of nitrogen functional groups attached to an aromatic ring is 1. The summed E-state index contributed by atoms with van der Waals surface area (Å²) >= 11 is 0. The molecule has 3 aromatic heterocycles. The summed E-state index contributed by atoms with van der Waals surface area (Å²) in [6, 6.07) is 12.4. The minimum absolute atomic E-state index is 0.226. The molecule has 1 aromatic carbocycles. The van der Waals surface area contributed by atoms with Gasteiger partial charge in [-0.2, -0.15) is 5.26 Å². The van der Waals surface area contributed by atoms with Crippen molar-refractivity contribution in [1.82, 2.24) is 14.5 Å². The predicted molar refractivity (Wildman–Crippen MR) is 115 cm³/mol. The number of nitrogens with zero attached hydrogens (tertiary/aromatic N) is 4. The van der Waals surface area contributed by atoms with Crippen molar-refractivity contribution < 1.29 is 9.13 Å². The molecule has 4 aromatic rings. The SMILES string of the molecule is C[C@H]1Oc2cc(cnc2N)-c2c(C#N)ccn2Cc2ccncc2-c2ccc(F)cc21. The molecule has 4 heterocycles. The molecular weight excluding hydrogens is 393 g/mol. The zero-order valence-electron chi connectivity index (χ0n) is 16.7. The Kier molecular flexibility index (Phi) is 4.41. The van der Waals surface area contributed by atoms with Gasteiger partial charge in [-0.05, 0) is 48.4 Å². The van der Waals surface area contributed by atoms with Gasteiger partial charge in [0.25, 0.3) is 0 Å². The topological polar surface area (TPSA) is 89.8 Å². The van der Waals surface area contributed by atoms with Crippen molar-refractivity contribution in [2.24, 2.45) is 0 Å². The molecule has 0 unspecified atom stereocenters. The molecule has 6 nitrogen and oxygen atoms in total. The Hall–Kier alpha value is -4.18. The maximum absolute atomic E-state index is 14.2. The molecule has 0 amide bonds. The van der Waals surface area contributed by atoms with Gasteiger partial charge in [-0.3, -0.25) is 4.98 Å². The molecule has 0 aliphatic carbocycles. The number of halogens is 1. The van der Waals surface area contributed by atoms with E-state index in [9.17, 15) is 9.65 Å². The van der Waals surface area contributed by atoms with Crippen molar-refractivity contribution in [2.75, 3.05) is 5.73 Å². The second-order valence-electron chi connectivity index (χ2n) is 7.45. The van der Waals surface area contributed by atoms with Gasteiger partial charge in [0.2, 0.25) is 0 Å². The molecule has 1 atom stereocenters. The van der Waals surface area contributed by atoms with E-state index in [1.54, 1.807) is 36.8 Å². The number of nitriles is 1. The number of nitrogens with two attached hydrogens (primary N) is 1.